The standard InChI is InChI=1S/C10H20N2/c1-4-6-12(7-5-2)9-10(3)8-11/h1,10H,5-9,11H2,2-3H3. The summed E-state index contributed by atoms with van der Waals surface area (Å²) < 4.78 is 0. The zero-order valence-electron chi connectivity index (χ0n) is 8.21. The second kappa shape index (κ2) is 7.15. The van der Waals surface area contributed by atoms with E-state index in [1.165, 1.54) is 0 Å². The molecule has 1 unspecified atom stereocenters. The van der Waals surface area contributed by atoms with E-state index >= 15 is 0 Å². The summed E-state index contributed by atoms with van der Waals surface area (Å²) in [4.78, 5) is 2.28. The first kappa shape index (κ1) is 11.5. The van der Waals surface area contributed by atoms with E-state index in [0.717, 1.165) is 32.6 Å². The first-order chi connectivity index (χ1) is 5.74. The minimum atomic E-state index is 0.546. The van der Waals surface area contributed by atoms with Gasteiger partial charge in [0.25, 0.3) is 0 Å². The normalized spacial score (nSPS) is 12.9. The molecule has 0 heterocycles. The molecule has 1 atom stereocenters. The third-order valence-electron chi connectivity index (χ3n) is 1.83. The maximum absolute atomic E-state index is 5.53. The third kappa shape index (κ3) is 5.17. The summed E-state index contributed by atoms with van der Waals surface area (Å²) in [5.41, 5.74) is 5.53. The predicted molar refractivity (Wildman–Crippen MR) is 53.8 cm³/mol. The van der Waals surface area contributed by atoms with E-state index in [-0.39, 0.29) is 0 Å². The molecule has 0 spiro atoms. The smallest absolute Gasteiger partial charge is 0.0599 e. The van der Waals surface area contributed by atoms with Crippen molar-refractivity contribution in [3.8, 4) is 12.3 Å². The lowest BCUT2D eigenvalue weighted by molar-refractivity contribution is 0.267. The SMILES string of the molecule is C#CCN(CCC)CC(C)CN. The van der Waals surface area contributed by atoms with Crippen molar-refractivity contribution in [3.05, 3.63) is 0 Å². The molecular weight excluding hydrogens is 148 g/mol. The molecule has 0 aliphatic heterocycles. The van der Waals surface area contributed by atoms with Crippen LogP contribution in [0.4, 0.5) is 0 Å². The maximum atomic E-state index is 5.53. The van der Waals surface area contributed by atoms with Crippen LogP contribution in [0.25, 0.3) is 0 Å². The highest BCUT2D eigenvalue weighted by molar-refractivity contribution is 4.88. The molecule has 2 nitrogen and oxygen atoms in total. The highest BCUT2D eigenvalue weighted by Gasteiger charge is 2.06. The Hall–Kier alpha value is -0.520. The summed E-state index contributed by atoms with van der Waals surface area (Å²) in [6.45, 7) is 7.90. The number of rotatable bonds is 6. The lowest BCUT2D eigenvalue weighted by Crippen LogP contribution is -2.32. The number of nitrogens with two attached hydrogens (primary N) is 1. The van der Waals surface area contributed by atoms with Crippen molar-refractivity contribution < 1.29 is 0 Å². The Balaban J connectivity index is 3.70. The van der Waals surface area contributed by atoms with Crippen molar-refractivity contribution in [1.82, 2.24) is 4.90 Å². The maximum Gasteiger partial charge on any atom is 0.0599 e. The monoisotopic (exact) mass is 168 g/mol. The van der Waals surface area contributed by atoms with Gasteiger partial charge in [0.1, 0.15) is 0 Å². The molecule has 0 aromatic rings. The molecule has 0 fully saturated rings. The quantitative estimate of drug-likeness (QED) is 0.598. The molecule has 2 heteroatoms. The Bertz CT molecular complexity index is 137. The third-order valence-corrected chi connectivity index (χ3v) is 1.83. The van der Waals surface area contributed by atoms with Gasteiger partial charge in [-0.25, -0.2) is 0 Å². The fraction of sp³-hybridized carbons (Fsp3) is 0.800. The Morgan fingerprint density at radius 2 is 2.25 bits per heavy atom. The lowest BCUT2D eigenvalue weighted by atomic mass is 10.1. The minimum absolute atomic E-state index is 0.546. The van der Waals surface area contributed by atoms with Gasteiger partial charge in [-0.3, -0.25) is 4.90 Å². The number of hydrogen-bond acceptors (Lipinski definition) is 2. The molecule has 12 heavy (non-hydrogen) atoms. The summed E-state index contributed by atoms with van der Waals surface area (Å²) in [6.07, 6.45) is 6.41. The molecule has 70 valence electrons. The van der Waals surface area contributed by atoms with Crippen LogP contribution >= 0.6 is 0 Å². The van der Waals surface area contributed by atoms with Gasteiger partial charge in [-0.2, -0.15) is 0 Å². The van der Waals surface area contributed by atoms with Gasteiger partial charge in [-0.15, -0.1) is 6.42 Å². The van der Waals surface area contributed by atoms with E-state index in [1.807, 2.05) is 0 Å². The lowest BCUT2D eigenvalue weighted by Gasteiger charge is -2.22. The summed E-state index contributed by atoms with van der Waals surface area (Å²) in [7, 11) is 0. The van der Waals surface area contributed by atoms with Crippen LogP contribution in [0.15, 0.2) is 0 Å². The summed E-state index contributed by atoms with van der Waals surface area (Å²) in [5.74, 6) is 3.21. The largest absolute Gasteiger partial charge is 0.330 e. The van der Waals surface area contributed by atoms with Crippen LogP contribution in [-0.4, -0.2) is 31.1 Å². The Labute approximate surface area is 76.1 Å². The molecule has 0 rings (SSSR count). The van der Waals surface area contributed by atoms with E-state index in [2.05, 4.69) is 24.7 Å². The fourth-order valence-corrected chi connectivity index (χ4v) is 1.20. The molecule has 0 aliphatic carbocycles. The van der Waals surface area contributed by atoms with E-state index in [0.29, 0.717) is 5.92 Å². The van der Waals surface area contributed by atoms with Crippen LogP contribution in [0.5, 0.6) is 0 Å². The van der Waals surface area contributed by atoms with Gasteiger partial charge in [-0.05, 0) is 25.4 Å². The van der Waals surface area contributed by atoms with Gasteiger partial charge >= 0.3 is 0 Å². The minimum Gasteiger partial charge on any atom is -0.330 e. The average molecular weight is 168 g/mol. The molecule has 0 aromatic heterocycles. The van der Waals surface area contributed by atoms with Crippen LogP contribution in [0.2, 0.25) is 0 Å². The first-order valence-corrected chi connectivity index (χ1v) is 4.60. The Morgan fingerprint density at radius 1 is 1.58 bits per heavy atom. The molecule has 0 radical (unpaired) electrons. The van der Waals surface area contributed by atoms with Gasteiger partial charge in [0.15, 0.2) is 0 Å². The zero-order chi connectivity index (χ0) is 9.40. The summed E-state index contributed by atoms with van der Waals surface area (Å²) >= 11 is 0. The van der Waals surface area contributed by atoms with E-state index < -0.39 is 0 Å². The van der Waals surface area contributed by atoms with Gasteiger partial charge in [0, 0.05) is 6.54 Å². The molecule has 2 N–H and O–H groups in total. The van der Waals surface area contributed by atoms with Crippen molar-refractivity contribution in [3.63, 3.8) is 0 Å². The van der Waals surface area contributed by atoms with Crippen molar-refractivity contribution in [2.24, 2.45) is 11.7 Å². The molecule has 0 saturated heterocycles. The van der Waals surface area contributed by atoms with E-state index in [1.54, 1.807) is 0 Å². The van der Waals surface area contributed by atoms with Gasteiger partial charge in [0.05, 0.1) is 6.54 Å². The number of nitrogens with zero attached hydrogens (tertiary/aromatic N) is 1. The van der Waals surface area contributed by atoms with Crippen molar-refractivity contribution in [2.45, 2.75) is 20.3 Å². The van der Waals surface area contributed by atoms with E-state index in [9.17, 15) is 0 Å². The zero-order valence-corrected chi connectivity index (χ0v) is 8.21. The molecule has 0 aromatic carbocycles. The van der Waals surface area contributed by atoms with Crippen LogP contribution in [0.3, 0.4) is 0 Å². The predicted octanol–water partition coefficient (Wildman–Crippen LogP) is 0.926. The Kier molecular flexibility index (Phi) is 6.84. The van der Waals surface area contributed by atoms with Gasteiger partial charge in [0.2, 0.25) is 0 Å². The van der Waals surface area contributed by atoms with Crippen LogP contribution in [-0.2, 0) is 0 Å². The number of hydrogen-bond donors (Lipinski definition) is 1. The van der Waals surface area contributed by atoms with Crippen molar-refractivity contribution in [1.29, 1.82) is 0 Å². The van der Waals surface area contributed by atoms with Crippen LogP contribution in [0, 0.1) is 18.3 Å². The van der Waals surface area contributed by atoms with Crippen LogP contribution < -0.4 is 5.73 Å². The van der Waals surface area contributed by atoms with Crippen molar-refractivity contribution in [2.75, 3.05) is 26.2 Å². The topological polar surface area (TPSA) is 29.3 Å². The molecule has 0 aliphatic rings. The second-order valence-corrected chi connectivity index (χ2v) is 3.28. The molecule has 0 bridgehead atoms. The van der Waals surface area contributed by atoms with Gasteiger partial charge in [-0.1, -0.05) is 19.8 Å². The van der Waals surface area contributed by atoms with E-state index in [4.69, 9.17) is 12.2 Å². The first-order valence-electron chi connectivity index (χ1n) is 4.60. The molecular formula is C10H20N2. The second-order valence-electron chi connectivity index (χ2n) is 3.28. The summed E-state index contributed by atoms with van der Waals surface area (Å²) in [5, 5.41) is 0. The highest BCUT2D eigenvalue weighted by Crippen LogP contribution is 1.98. The highest BCUT2D eigenvalue weighted by atomic mass is 15.1. The van der Waals surface area contributed by atoms with Gasteiger partial charge < -0.3 is 5.73 Å². The average Bonchev–Trinajstić information content (AvgIpc) is 2.05. The number of terminal acetylenes is 1. The molecule has 0 amide bonds. The Morgan fingerprint density at radius 3 is 2.67 bits per heavy atom. The summed E-state index contributed by atoms with van der Waals surface area (Å²) in [6, 6.07) is 0. The van der Waals surface area contributed by atoms with Crippen molar-refractivity contribution >= 4 is 0 Å². The fourth-order valence-electron chi connectivity index (χ4n) is 1.20. The molecule has 0 saturated carbocycles. The van der Waals surface area contributed by atoms with Crippen LogP contribution in [0.1, 0.15) is 20.3 Å².